The third-order valence-electron chi connectivity index (χ3n) is 3.95. The fourth-order valence-electron chi connectivity index (χ4n) is 2.45. The summed E-state index contributed by atoms with van der Waals surface area (Å²) in [4.78, 5) is 22.3. The fourth-order valence-corrected chi connectivity index (χ4v) is 3.77. The zero-order valence-electron chi connectivity index (χ0n) is 16.2. The Morgan fingerprint density at radius 2 is 1.74 bits per heavy atom. The lowest BCUT2D eigenvalue weighted by Crippen LogP contribution is -2.19. The van der Waals surface area contributed by atoms with Crippen LogP contribution in [0.2, 0.25) is 0 Å². The third-order valence-corrected chi connectivity index (χ3v) is 5.95. The molecule has 0 fully saturated rings. The van der Waals surface area contributed by atoms with E-state index in [4.69, 9.17) is 18.5 Å². The number of carbonyl (C=O) groups is 1. The second-order valence-electron chi connectivity index (χ2n) is 5.88. The van der Waals surface area contributed by atoms with Crippen molar-refractivity contribution in [3.8, 4) is 5.75 Å². The third kappa shape index (κ3) is 6.03. The Morgan fingerprint density at radius 1 is 1.13 bits per heavy atom. The summed E-state index contributed by atoms with van der Waals surface area (Å²) < 4.78 is 71.0. The number of nitro benzene ring substituents is 1. The maximum atomic E-state index is 12.8. The number of benzene rings is 2. The molecule has 0 aliphatic carbocycles. The van der Waals surface area contributed by atoms with Crippen LogP contribution in [0.25, 0.3) is 0 Å². The Morgan fingerprint density at radius 3 is 2.26 bits per heavy atom. The molecular formula is C18H17F3NO8P. The van der Waals surface area contributed by atoms with Gasteiger partial charge in [0.1, 0.15) is 0 Å². The highest BCUT2D eigenvalue weighted by molar-refractivity contribution is 7.54. The molecular weight excluding hydrogens is 446 g/mol. The number of hydrogen-bond donors (Lipinski definition) is 0. The van der Waals surface area contributed by atoms with Crippen molar-refractivity contribution in [1.82, 2.24) is 0 Å². The van der Waals surface area contributed by atoms with Gasteiger partial charge in [0.2, 0.25) is 5.85 Å². The minimum absolute atomic E-state index is 0.281. The second kappa shape index (κ2) is 9.90. The van der Waals surface area contributed by atoms with Gasteiger partial charge in [-0.15, -0.1) is 0 Å². The Bertz CT molecular complexity index is 976. The summed E-state index contributed by atoms with van der Waals surface area (Å²) in [6.07, 6.45) is -4.80. The highest BCUT2D eigenvalue weighted by atomic mass is 31.2. The van der Waals surface area contributed by atoms with Gasteiger partial charge in [-0.05, 0) is 12.1 Å². The Kier molecular flexibility index (Phi) is 7.77. The molecule has 0 bridgehead atoms. The molecule has 9 nitrogen and oxygen atoms in total. The van der Waals surface area contributed by atoms with Crippen molar-refractivity contribution in [1.29, 1.82) is 0 Å². The molecule has 13 heteroatoms. The van der Waals surface area contributed by atoms with Gasteiger partial charge in [-0.1, -0.05) is 30.3 Å². The van der Waals surface area contributed by atoms with E-state index in [-0.39, 0.29) is 11.6 Å². The van der Waals surface area contributed by atoms with Gasteiger partial charge in [0.15, 0.2) is 12.4 Å². The number of rotatable bonds is 9. The standard InChI is InChI=1S/C18H17F3NO8P/c1-27-31(26,28-2)17(12-6-4-3-5-7-12)30-16(23)11-29-15-9-8-13(18(19,20)21)10-14(15)22(24)25/h3-10,17H,11H2,1-2H3. The minimum atomic E-state index is -4.80. The summed E-state index contributed by atoms with van der Waals surface area (Å²) in [6.45, 7) is -0.914. The fraction of sp³-hybridized carbons (Fsp3) is 0.278. The topological polar surface area (TPSA) is 114 Å². The van der Waals surface area contributed by atoms with Crippen molar-refractivity contribution in [3.63, 3.8) is 0 Å². The maximum Gasteiger partial charge on any atom is 0.416 e. The summed E-state index contributed by atoms with van der Waals surface area (Å²) in [5, 5.41) is 11.1. The molecule has 1 atom stereocenters. The van der Waals surface area contributed by atoms with E-state index < -0.39 is 54.1 Å². The van der Waals surface area contributed by atoms with Crippen LogP contribution in [-0.4, -0.2) is 31.7 Å². The number of carbonyl (C=O) groups excluding carboxylic acids is 1. The average Bonchev–Trinajstić information content (AvgIpc) is 2.75. The van der Waals surface area contributed by atoms with Crippen molar-refractivity contribution in [3.05, 3.63) is 69.8 Å². The molecule has 1 unspecified atom stereocenters. The highest BCUT2D eigenvalue weighted by Gasteiger charge is 2.39. The average molecular weight is 463 g/mol. The number of hydrogen-bond acceptors (Lipinski definition) is 8. The molecule has 0 aromatic heterocycles. The lowest BCUT2D eigenvalue weighted by molar-refractivity contribution is -0.386. The first-order valence-corrected chi connectivity index (χ1v) is 10.1. The van der Waals surface area contributed by atoms with Crippen LogP contribution in [0, 0.1) is 10.1 Å². The molecule has 0 spiro atoms. The van der Waals surface area contributed by atoms with Gasteiger partial charge in [0, 0.05) is 25.8 Å². The van der Waals surface area contributed by atoms with Crippen LogP contribution in [0.5, 0.6) is 5.75 Å². The number of alkyl halides is 3. The van der Waals surface area contributed by atoms with Crippen LogP contribution < -0.4 is 4.74 Å². The molecule has 2 aromatic rings. The van der Waals surface area contributed by atoms with Crippen LogP contribution in [0.15, 0.2) is 48.5 Å². The molecule has 2 rings (SSSR count). The quantitative estimate of drug-likeness (QED) is 0.227. The Balaban J connectivity index is 2.21. The van der Waals surface area contributed by atoms with E-state index in [1.807, 2.05) is 0 Å². The van der Waals surface area contributed by atoms with E-state index in [0.29, 0.717) is 6.07 Å². The van der Waals surface area contributed by atoms with E-state index >= 15 is 0 Å². The highest BCUT2D eigenvalue weighted by Crippen LogP contribution is 2.60. The number of nitro groups is 1. The normalized spacial score (nSPS) is 12.8. The van der Waals surface area contributed by atoms with Crippen molar-refractivity contribution in [2.24, 2.45) is 0 Å². The zero-order chi connectivity index (χ0) is 23.2. The maximum absolute atomic E-state index is 12.8. The van der Waals surface area contributed by atoms with Gasteiger partial charge >= 0.3 is 25.4 Å². The van der Waals surface area contributed by atoms with Crippen LogP contribution in [0.3, 0.4) is 0 Å². The number of halogens is 3. The van der Waals surface area contributed by atoms with Gasteiger partial charge in [-0.3, -0.25) is 14.7 Å². The molecule has 0 heterocycles. The second-order valence-corrected chi connectivity index (χ2v) is 8.16. The predicted octanol–water partition coefficient (Wildman–Crippen LogP) is 4.72. The summed E-state index contributed by atoms with van der Waals surface area (Å²) in [7, 11) is -1.76. The molecule has 31 heavy (non-hydrogen) atoms. The molecule has 0 radical (unpaired) electrons. The van der Waals surface area contributed by atoms with Crippen molar-refractivity contribution < 1.29 is 46.0 Å². The Hall–Kier alpha value is -2.95. The zero-order valence-corrected chi connectivity index (χ0v) is 17.1. The van der Waals surface area contributed by atoms with E-state index in [2.05, 4.69) is 0 Å². The smallest absolute Gasteiger partial charge is 0.416 e. The monoisotopic (exact) mass is 463 g/mol. The minimum Gasteiger partial charge on any atom is -0.475 e. The molecule has 0 aliphatic rings. The number of esters is 1. The van der Waals surface area contributed by atoms with E-state index in [9.17, 15) is 32.6 Å². The van der Waals surface area contributed by atoms with Gasteiger partial charge in [0.05, 0.1) is 10.5 Å². The van der Waals surface area contributed by atoms with Gasteiger partial charge < -0.3 is 18.5 Å². The first kappa shape index (κ1) is 24.3. The van der Waals surface area contributed by atoms with Crippen LogP contribution in [-0.2, 0) is 29.3 Å². The summed E-state index contributed by atoms with van der Waals surface area (Å²) >= 11 is 0. The summed E-state index contributed by atoms with van der Waals surface area (Å²) in [5.74, 6) is -3.16. The summed E-state index contributed by atoms with van der Waals surface area (Å²) in [5.41, 5.74) is -1.95. The van der Waals surface area contributed by atoms with Crippen molar-refractivity contribution >= 4 is 19.3 Å². The molecule has 0 aliphatic heterocycles. The van der Waals surface area contributed by atoms with Gasteiger partial charge in [-0.25, -0.2) is 4.79 Å². The molecule has 0 N–H and O–H groups in total. The van der Waals surface area contributed by atoms with E-state index in [1.165, 1.54) is 12.1 Å². The van der Waals surface area contributed by atoms with Gasteiger partial charge in [-0.2, -0.15) is 13.2 Å². The Labute approximate surface area is 174 Å². The first-order valence-electron chi connectivity index (χ1n) is 8.46. The van der Waals surface area contributed by atoms with E-state index in [1.54, 1.807) is 18.2 Å². The van der Waals surface area contributed by atoms with Crippen LogP contribution in [0.1, 0.15) is 17.0 Å². The van der Waals surface area contributed by atoms with Crippen LogP contribution in [0.4, 0.5) is 18.9 Å². The molecule has 0 amide bonds. The SMILES string of the molecule is COP(=O)(OC)C(OC(=O)COc1ccc(C(F)(F)F)cc1[N+](=O)[O-])c1ccccc1. The predicted molar refractivity (Wildman–Crippen MR) is 100 cm³/mol. The summed E-state index contributed by atoms with van der Waals surface area (Å²) in [6, 6.07) is 9.44. The molecule has 168 valence electrons. The van der Waals surface area contributed by atoms with Crippen molar-refractivity contribution in [2.75, 3.05) is 20.8 Å². The molecule has 0 saturated carbocycles. The largest absolute Gasteiger partial charge is 0.475 e. The number of ether oxygens (including phenoxy) is 2. The van der Waals surface area contributed by atoms with Crippen LogP contribution >= 0.6 is 7.60 Å². The molecule has 2 aromatic carbocycles. The molecule has 0 saturated heterocycles. The number of nitrogens with zero attached hydrogens (tertiary/aromatic N) is 1. The van der Waals surface area contributed by atoms with E-state index in [0.717, 1.165) is 20.3 Å². The lowest BCUT2D eigenvalue weighted by Gasteiger charge is -2.24. The lowest BCUT2D eigenvalue weighted by atomic mass is 10.2. The first-order chi connectivity index (χ1) is 14.5. The van der Waals surface area contributed by atoms with Gasteiger partial charge in [0.25, 0.3) is 0 Å². The van der Waals surface area contributed by atoms with Crippen molar-refractivity contribution in [2.45, 2.75) is 12.0 Å².